The number of hydrogen-bond donors (Lipinski definition) is 1. The Kier molecular flexibility index (Phi) is 3.13. The van der Waals surface area contributed by atoms with Gasteiger partial charge >= 0.3 is 6.18 Å². The van der Waals surface area contributed by atoms with Crippen molar-refractivity contribution >= 4 is 0 Å². The molecule has 0 amide bonds. The number of halogens is 3. The monoisotopic (exact) mass is 234 g/mol. The number of aromatic nitrogens is 3. The minimum atomic E-state index is -4.13. The third-order valence-corrected chi connectivity index (χ3v) is 2.71. The molecule has 1 fully saturated rings. The highest BCUT2D eigenvalue weighted by atomic mass is 19.4. The maximum atomic E-state index is 12.1. The molecule has 1 aliphatic rings. The molecule has 7 heteroatoms. The summed E-state index contributed by atoms with van der Waals surface area (Å²) in [7, 11) is 0. The summed E-state index contributed by atoms with van der Waals surface area (Å²) in [5.41, 5.74) is 0. The van der Waals surface area contributed by atoms with Crippen molar-refractivity contribution in [3.8, 4) is 0 Å². The largest absolute Gasteiger partial charge is 0.389 e. The summed E-state index contributed by atoms with van der Waals surface area (Å²) < 4.78 is 38.0. The predicted molar refractivity (Wildman–Crippen MR) is 50.9 cm³/mol. The average molecular weight is 234 g/mol. The summed E-state index contributed by atoms with van der Waals surface area (Å²) in [5.74, 6) is 0.422. The van der Waals surface area contributed by atoms with E-state index in [4.69, 9.17) is 0 Å². The van der Waals surface area contributed by atoms with E-state index in [1.54, 1.807) is 4.57 Å². The second kappa shape index (κ2) is 4.40. The molecule has 0 aliphatic carbocycles. The predicted octanol–water partition coefficient (Wildman–Crippen LogP) is 1.31. The number of hydrogen-bond acceptors (Lipinski definition) is 3. The van der Waals surface area contributed by atoms with Gasteiger partial charge in [-0.15, -0.1) is 10.2 Å². The van der Waals surface area contributed by atoms with Gasteiger partial charge in [0.25, 0.3) is 0 Å². The first-order valence-corrected chi connectivity index (χ1v) is 5.22. The van der Waals surface area contributed by atoms with Crippen LogP contribution in [-0.4, -0.2) is 34.0 Å². The van der Waals surface area contributed by atoms with Crippen LogP contribution in [0.4, 0.5) is 13.2 Å². The molecule has 1 atom stereocenters. The van der Waals surface area contributed by atoms with Crippen molar-refractivity contribution in [2.45, 2.75) is 31.5 Å². The molecule has 90 valence electrons. The van der Waals surface area contributed by atoms with Crippen LogP contribution in [0.15, 0.2) is 6.33 Å². The van der Waals surface area contributed by atoms with E-state index < -0.39 is 12.6 Å². The molecule has 1 unspecified atom stereocenters. The quantitative estimate of drug-likeness (QED) is 0.857. The van der Waals surface area contributed by atoms with Gasteiger partial charge in [0, 0.05) is 19.0 Å². The lowest BCUT2D eigenvalue weighted by atomic mass is 10.2. The number of rotatable bonds is 3. The zero-order chi connectivity index (χ0) is 11.6. The Bertz CT molecular complexity index is 341. The van der Waals surface area contributed by atoms with E-state index >= 15 is 0 Å². The van der Waals surface area contributed by atoms with E-state index in [-0.39, 0.29) is 12.5 Å². The molecule has 2 heterocycles. The van der Waals surface area contributed by atoms with Crippen molar-refractivity contribution in [2.75, 3.05) is 13.1 Å². The molecule has 16 heavy (non-hydrogen) atoms. The van der Waals surface area contributed by atoms with Gasteiger partial charge in [-0.05, 0) is 13.0 Å². The minimum Gasteiger partial charge on any atom is -0.315 e. The van der Waals surface area contributed by atoms with Crippen molar-refractivity contribution in [3.63, 3.8) is 0 Å². The van der Waals surface area contributed by atoms with E-state index in [2.05, 4.69) is 15.5 Å². The van der Waals surface area contributed by atoms with Crippen LogP contribution in [-0.2, 0) is 6.42 Å². The van der Waals surface area contributed by atoms with Gasteiger partial charge in [-0.25, -0.2) is 0 Å². The maximum absolute atomic E-state index is 12.1. The number of aryl methyl sites for hydroxylation is 1. The Morgan fingerprint density at radius 3 is 2.94 bits per heavy atom. The Morgan fingerprint density at radius 1 is 1.50 bits per heavy atom. The standard InChI is InChI=1S/C9H13F3N4/c10-9(11,12)3-1-8-15-14-6-16(8)7-2-4-13-5-7/h6-7,13H,1-5H2. The molecule has 1 aliphatic heterocycles. The van der Waals surface area contributed by atoms with Crippen LogP contribution in [0.1, 0.15) is 24.7 Å². The lowest BCUT2D eigenvalue weighted by Crippen LogP contribution is -2.17. The molecule has 0 spiro atoms. The van der Waals surface area contributed by atoms with Gasteiger partial charge in [-0.1, -0.05) is 0 Å². The SMILES string of the molecule is FC(F)(F)CCc1nncn1C1CCNC1. The Morgan fingerprint density at radius 2 is 2.31 bits per heavy atom. The number of nitrogens with zero attached hydrogens (tertiary/aromatic N) is 3. The molecule has 1 aromatic heterocycles. The molecule has 1 aromatic rings. The second-order valence-electron chi connectivity index (χ2n) is 3.92. The van der Waals surface area contributed by atoms with Gasteiger partial charge in [0.1, 0.15) is 12.2 Å². The molecule has 0 bridgehead atoms. The lowest BCUT2D eigenvalue weighted by molar-refractivity contribution is -0.134. The molecule has 1 saturated heterocycles. The van der Waals surface area contributed by atoms with Crippen molar-refractivity contribution in [1.29, 1.82) is 0 Å². The highest BCUT2D eigenvalue weighted by Crippen LogP contribution is 2.23. The van der Waals surface area contributed by atoms with Crippen LogP contribution in [0.2, 0.25) is 0 Å². The summed E-state index contributed by atoms with van der Waals surface area (Å²) in [6.45, 7) is 1.67. The van der Waals surface area contributed by atoms with E-state index in [9.17, 15) is 13.2 Å². The molecule has 1 N–H and O–H groups in total. The lowest BCUT2D eigenvalue weighted by Gasteiger charge is -2.13. The van der Waals surface area contributed by atoms with Gasteiger partial charge in [0.2, 0.25) is 0 Å². The zero-order valence-electron chi connectivity index (χ0n) is 8.67. The van der Waals surface area contributed by atoms with E-state index in [0.717, 1.165) is 19.5 Å². The van der Waals surface area contributed by atoms with Crippen LogP contribution in [0, 0.1) is 0 Å². The smallest absolute Gasteiger partial charge is 0.315 e. The first-order valence-electron chi connectivity index (χ1n) is 5.22. The first kappa shape index (κ1) is 11.4. The van der Waals surface area contributed by atoms with Crippen molar-refractivity contribution in [1.82, 2.24) is 20.1 Å². The topological polar surface area (TPSA) is 42.7 Å². The molecule has 0 radical (unpaired) electrons. The summed E-state index contributed by atoms with van der Waals surface area (Å²) in [4.78, 5) is 0. The number of nitrogens with one attached hydrogen (secondary N) is 1. The fraction of sp³-hybridized carbons (Fsp3) is 0.778. The second-order valence-corrected chi connectivity index (χ2v) is 3.92. The van der Waals surface area contributed by atoms with Crippen LogP contribution >= 0.6 is 0 Å². The highest BCUT2D eigenvalue weighted by molar-refractivity contribution is 4.93. The molecule has 0 aromatic carbocycles. The third kappa shape index (κ3) is 2.72. The zero-order valence-corrected chi connectivity index (χ0v) is 8.67. The molecule has 2 rings (SSSR count). The summed E-state index contributed by atoms with van der Waals surface area (Å²) in [5, 5.41) is 10.6. The molecular weight excluding hydrogens is 221 g/mol. The van der Waals surface area contributed by atoms with Crippen molar-refractivity contribution in [2.24, 2.45) is 0 Å². The Balaban J connectivity index is 2.01. The van der Waals surface area contributed by atoms with Gasteiger partial charge in [0.05, 0.1) is 6.42 Å². The van der Waals surface area contributed by atoms with Crippen LogP contribution in [0.25, 0.3) is 0 Å². The van der Waals surface area contributed by atoms with Crippen LogP contribution in [0.5, 0.6) is 0 Å². The molecule has 0 saturated carbocycles. The van der Waals surface area contributed by atoms with Gasteiger partial charge < -0.3 is 9.88 Å². The minimum absolute atomic E-state index is 0.0972. The van der Waals surface area contributed by atoms with E-state index in [1.165, 1.54) is 6.33 Å². The number of alkyl halides is 3. The maximum Gasteiger partial charge on any atom is 0.389 e. The van der Waals surface area contributed by atoms with Gasteiger partial charge in [0.15, 0.2) is 0 Å². The van der Waals surface area contributed by atoms with E-state index in [0.29, 0.717) is 5.82 Å². The fourth-order valence-electron chi connectivity index (χ4n) is 1.88. The van der Waals surface area contributed by atoms with E-state index in [1.807, 2.05) is 0 Å². The summed E-state index contributed by atoms with van der Waals surface area (Å²) in [6, 6.07) is 0.193. The third-order valence-electron chi connectivity index (χ3n) is 2.71. The highest BCUT2D eigenvalue weighted by Gasteiger charge is 2.28. The average Bonchev–Trinajstić information content (AvgIpc) is 2.84. The van der Waals surface area contributed by atoms with Gasteiger partial charge in [-0.2, -0.15) is 13.2 Å². The molecule has 4 nitrogen and oxygen atoms in total. The first-order chi connectivity index (χ1) is 7.56. The fourth-order valence-corrected chi connectivity index (χ4v) is 1.88. The molecular formula is C9H13F3N4. The van der Waals surface area contributed by atoms with Gasteiger partial charge in [-0.3, -0.25) is 0 Å². The summed E-state index contributed by atoms with van der Waals surface area (Å²) in [6.07, 6.45) is -2.64. The Labute approximate surface area is 90.9 Å². The van der Waals surface area contributed by atoms with Crippen LogP contribution in [0.3, 0.4) is 0 Å². The van der Waals surface area contributed by atoms with Crippen molar-refractivity contribution < 1.29 is 13.2 Å². The normalized spacial score (nSPS) is 21.6. The van der Waals surface area contributed by atoms with Crippen molar-refractivity contribution in [3.05, 3.63) is 12.2 Å². The Hall–Kier alpha value is -1.11. The van der Waals surface area contributed by atoms with Crippen LogP contribution < -0.4 is 5.32 Å². The summed E-state index contributed by atoms with van der Waals surface area (Å²) >= 11 is 0.